The number of nitrogens with zero attached hydrogens (tertiary/aromatic N) is 4. The van der Waals surface area contributed by atoms with Crippen molar-refractivity contribution in [3.63, 3.8) is 0 Å². The molecule has 1 heterocycles. The van der Waals surface area contributed by atoms with E-state index in [9.17, 15) is 10.1 Å². The number of hydrogen-bond acceptors (Lipinski definition) is 5. The van der Waals surface area contributed by atoms with Gasteiger partial charge in [-0.05, 0) is 17.1 Å². The predicted molar refractivity (Wildman–Crippen MR) is 70.2 cm³/mol. The molecular formula is C13H12N4O3. The molecule has 1 aromatic heterocycles. The monoisotopic (exact) mass is 272 g/mol. The molecule has 102 valence electrons. The molecule has 2 aromatic rings. The van der Waals surface area contributed by atoms with Gasteiger partial charge in [0.05, 0.1) is 36.1 Å². The molecule has 0 radical (unpaired) electrons. The lowest BCUT2D eigenvalue weighted by Gasteiger charge is -2.06. The highest BCUT2D eigenvalue weighted by atomic mass is 16.6. The Kier molecular flexibility index (Phi) is 4.29. The standard InChI is InChI=1S/C13H12N4O3/c14-10-11-4-1-2-5-12(11)20-9-3-7-16-8-6-13(15-16)17(18)19/h1-2,4-6,8H,3,7,9H2. The van der Waals surface area contributed by atoms with Crippen LogP contribution in [0, 0.1) is 21.4 Å². The Morgan fingerprint density at radius 2 is 2.20 bits per heavy atom. The summed E-state index contributed by atoms with van der Waals surface area (Å²) < 4.78 is 7.00. The molecule has 0 aliphatic rings. The minimum absolute atomic E-state index is 0.166. The van der Waals surface area contributed by atoms with Crippen LogP contribution in [0.1, 0.15) is 12.0 Å². The maximum atomic E-state index is 10.5. The highest BCUT2D eigenvalue weighted by Crippen LogP contribution is 2.16. The van der Waals surface area contributed by atoms with Gasteiger partial charge in [0.1, 0.15) is 11.8 Å². The second-order valence-corrected chi connectivity index (χ2v) is 4.00. The van der Waals surface area contributed by atoms with Crippen molar-refractivity contribution in [1.82, 2.24) is 9.78 Å². The van der Waals surface area contributed by atoms with Gasteiger partial charge in [0.2, 0.25) is 0 Å². The average molecular weight is 272 g/mol. The first-order chi connectivity index (χ1) is 9.70. The van der Waals surface area contributed by atoms with Crippen molar-refractivity contribution >= 4 is 5.82 Å². The van der Waals surface area contributed by atoms with Gasteiger partial charge in [0.15, 0.2) is 0 Å². The Balaban J connectivity index is 1.81. The topological polar surface area (TPSA) is 94.0 Å². The van der Waals surface area contributed by atoms with Crippen molar-refractivity contribution in [2.45, 2.75) is 13.0 Å². The van der Waals surface area contributed by atoms with Crippen LogP contribution in [0.15, 0.2) is 36.5 Å². The Hall–Kier alpha value is -2.88. The molecule has 7 nitrogen and oxygen atoms in total. The SMILES string of the molecule is N#Cc1ccccc1OCCCn1ccc([N+](=O)[O-])n1. The van der Waals surface area contributed by atoms with E-state index in [-0.39, 0.29) is 5.82 Å². The van der Waals surface area contributed by atoms with Gasteiger partial charge in [-0.2, -0.15) is 9.94 Å². The van der Waals surface area contributed by atoms with Crippen molar-refractivity contribution in [3.8, 4) is 11.8 Å². The molecule has 0 saturated heterocycles. The fourth-order valence-corrected chi connectivity index (χ4v) is 1.67. The van der Waals surface area contributed by atoms with Crippen molar-refractivity contribution in [1.29, 1.82) is 5.26 Å². The molecule has 0 aliphatic heterocycles. The fraction of sp³-hybridized carbons (Fsp3) is 0.231. The highest BCUT2D eigenvalue weighted by molar-refractivity contribution is 5.42. The fourth-order valence-electron chi connectivity index (χ4n) is 1.67. The van der Waals surface area contributed by atoms with Crippen LogP contribution in [0.5, 0.6) is 5.75 Å². The number of aryl methyl sites for hydroxylation is 1. The van der Waals surface area contributed by atoms with Crippen LogP contribution in [0.4, 0.5) is 5.82 Å². The Labute approximate surface area is 115 Å². The highest BCUT2D eigenvalue weighted by Gasteiger charge is 2.10. The molecule has 0 aliphatic carbocycles. The summed E-state index contributed by atoms with van der Waals surface area (Å²) in [6, 6.07) is 10.4. The molecule has 7 heteroatoms. The van der Waals surface area contributed by atoms with Crippen LogP contribution in [-0.4, -0.2) is 21.3 Å². The van der Waals surface area contributed by atoms with Gasteiger partial charge in [-0.3, -0.25) is 0 Å². The van der Waals surface area contributed by atoms with E-state index in [1.54, 1.807) is 30.5 Å². The second-order valence-electron chi connectivity index (χ2n) is 4.00. The molecule has 20 heavy (non-hydrogen) atoms. The minimum atomic E-state index is -0.532. The molecule has 0 unspecified atom stereocenters. The third-order valence-corrected chi connectivity index (χ3v) is 2.61. The number of nitriles is 1. The van der Waals surface area contributed by atoms with Crippen LogP contribution < -0.4 is 4.74 Å². The zero-order valence-electron chi connectivity index (χ0n) is 10.6. The predicted octanol–water partition coefficient (Wildman–Crippen LogP) is 2.13. The quantitative estimate of drug-likeness (QED) is 0.456. The lowest BCUT2D eigenvalue weighted by molar-refractivity contribution is -0.389. The number of benzene rings is 1. The second kappa shape index (κ2) is 6.33. The van der Waals surface area contributed by atoms with Gasteiger partial charge in [0.25, 0.3) is 0 Å². The number of para-hydroxylation sites is 1. The summed E-state index contributed by atoms with van der Waals surface area (Å²) in [6.45, 7) is 0.926. The van der Waals surface area contributed by atoms with E-state index < -0.39 is 4.92 Å². The zero-order chi connectivity index (χ0) is 14.4. The summed E-state index contributed by atoms with van der Waals surface area (Å²) in [5.74, 6) is 0.377. The third kappa shape index (κ3) is 3.32. The molecule has 1 aromatic carbocycles. The van der Waals surface area contributed by atoms with Crippen molar-refractivity contribution < 1.29 is 9.66 Å². The lowest BCUT2D eigenvalue weighted by atomic mass is 10.2. The van der Waals surface area contributed by atoms with E-state index in [2.05, 4.69) is 11.2 Å². The number of ether oxygens (including phenoxy) is 1. The van der Waals surface area contributed by atoms with Crippen LogP contribution in [0.2, 0.25) is 0 Å². The van der Waals surface area contributed by atoms with E-state index in [4.69, 9.17) is 10.00 Å². The average Bonchev–Trinajstić information content (AvgIpc) is 2.93. The molecule has 0 amide bonds. The largest absolute Gasteiger partial charge is 0.492 e. The van der Waals surface area contributed by atoms with E-state index in [1.807, 2.05) is 0 Å². The Morgan fingerprint density at radius 3 is 2.90 bits per heavy atom. The molecular weight excluding hydrogens is 260 g/mol. The molecule has 0 N–H and O–H groups in total. The van der Waals surface area contributed by atoms with E-state index >= 15 is 0 Å². The van der Waals surface area contributed by atoms with Gasteiger partial charge < -0.3 is 14.9 Å². The van der Waals surface area contributed by atoms with Crippen LogP contribution in [0.3, 0.4) is 0 Å². The molecule has 0 fully saturated rings. The number of rotatable bonds is 6. The van der Waals surface area contributed by atoms with Crippen molar-refractivity contribution in [2.24, 2.45) is 0 Å². The first-order valence-electron chi connectivity index (χ1n) is 6.00. The van der Waals surface area contributed by atoms with Crippen molar-refractivity contribution in [2.75, 3.05) is 6.61 Å². The van der Waals surface area contributed by atoms with Gasteiger partial charge in [-0.25, -0.2) is 0 Å². The van der Waals surface area contributed by atoms with Crippen LogP contribution in [-0.2, 0) is 6.54 Å². The van der Waals surface area contributed by atoms with Gasteiger partial charge in [-0.1, -0.05) is 12.1 Å². The van der Waals surface area contributed by atoms with Crippen LogP contribution in [0.25, 0.3) is 0 Å². The molecule has 0 atom stereocenters. The third-order valence-electron chi connectivity index (χ3n) is 2.61. The normalized spacial score (nSPS) is 9.95. The maximum absolute atomic E-state index is 10.5. The summed E-state index contributed by atoms with van der Waals surface area (Å²) >= 11 is 0. The summed E-state index contributed by atoms with van der Waals surface area (Å²) in [6.07, 6.45) is 2.19. The maximum Gasteiger partial charge on any atom is 0.389 e. The number of aromatic nitrogens is 2. The van der Waals surface area contributed by atoms with Gasteiger partial charge in [0, 0.05) is 6.42 Å². The van der Waals surface area contributed by atoms with Crippen molar-refractivity contribution in [3.05, 3.63) is 52.2 Å². The number of nitro groups is 1. The minimum Gasteiger partial charge on any atom is -0.492 e. The first-order valence-corrected chi connectivity index (χ1v) is 6.00. The smallest absolute Gasteiger partial charge is 0.389 e. The van der Waals surface area contributed by atoms with Gasteiger partial charge >= 0.3 is 5.82 Å². The van der Waals surface area contributed by atoms with E-state index in [0.29, 0.717) is 30.9 Å². The van der Waals surface area contributed by atoms with E-state index in [0.717, 1.165) is 0 Å². The Bertz CT molecular complexity index is 645. The van der Waals surface area contributed by atoms with E-state index in [1.165, 1.54) is 10.7 Å². The molecule has 0 spiro atoms. The Morgan fingerprint density at radius 1 is 1.40 bits per heavy atom. The molecule has 0 saturated carbocycles. The van der Waals surface area contributed by atoms with Gasteiger partial charge in [-0.15, -0.1) is 0 Å². The summed E-state index contributed by atoms with van der Waals surface area (Å²) in [5, 5.41) is 23.2. The summed E-state index contributed by atoms with van der Waals surface area (Å²) in [7, 11) is 0. The van der Waals surface area contributed by atoms with Crippen LogP contribution >= 0.6 is 0 Å². The molecule has 2 rings (SSSR count). The zero-order valence-corrected chi connectivity index (χ0v) is 10.6. The first kappa shape index (κ1) is 13.5. The summed E-state index contributed by atoms with van der Waals surface area (Å²) in [4.78, 5) is 9.94. The lowest BCUT2D eigenvalue weighted by Crippen LogP contribution is -2.06. The molecule has 0 bridgehead atoms. The summed E-state index contributed by atoms with van der Waals surface area (Å²) in [5.41, 5.74) is 0.488. The number of hydrogen-bond donors (Lipinski definition) is 0.